The van der Waals surface area contributed by atoms with Gasteiger partial charge in [0.05, 0.1) is 0 Å². The molecule has 0 N–H and O–H groups in total. The van der Waals surface area contributed by atoms with Crippen molar-refractivity contribution in [2.24, 2.45) is 0 Å². The van der Waals surface area contributed by atoms with E-state index in [4.69, 9.17) is 0 Å². The number of benzene rings is 2. The van der Waals surface area contributed by atoms with Crippen LogP contribution >= 0.6 is 15.3 Å². The van der Waals surface area contributed by atoms with Gasteiger partial charge in [0.2, 0.25) is 0 Å². The molecule has 0 aromatic heterocycles. The lowest BCUT2D eigenvalue weighted by molar-refractivity contribution is 1.40. The van der Waals surface area contributed by atoms with Gasteiger partial charge in [0, 0.05) is 16.1 Å². The van der Waals surface area contributed by atoms with Crippen LogP contribution in [0.4, 0.5) is 0 Å². The molecule has 0 aliphatic heterocycles. The third kappa shape index (κ3) is 3.98. The fourth-order valence-electron chi connectivity index (χ4n) is 4.35. The molecule has 0 atom stereocenters. The second-order valence-electron chi connectivity index (χ2n) is 8.61. The van der Waals surface area contributed by atoms with Crippen molar-refractivity contribution in [3.63, 3.8) is 0 Å². The monoisotopic (exact) mass is 420 g/mol. The Hall–Kier alpha value is -0.429. The van der Waals surface area contributed by atoms with Gasteiger partial charge in [-0.15, -0.1) is 15.3 Å². The Bertz CT molecular complexity index is 574. The lowest BCUT2D eigenvalue weighted by Gasteiger charge is -2.48. The van der Waals surface area contributed by atoms with E-state index in [0.29, 0.717) is 0 Å². The molecule has 0 saturated heterocycles. The van der Waals surface area contributed by atoms with Gasteiger partial charge < -0.3 is 0 Å². The standard InChI is InChI=1S/C19H29BrSi3/c1-21(2,3)19(22(4,5)6)23(20,17-13-9-7-10-14-17)18-15-11-8-12-16-18/h7-16,19H,1-6H3. The van der Waals surface area contributed by atoms with Gasteiger partial charge in [-0.05, 0) is 15.2 Å². The van der Waals surface area contributed by atoms with E-state index < -0.39 is 22.8 Å². The van der Waals surface area contributed by atoms with Gasteiger partial charge in [-0.3, -0.25) is 0 Å². The van der Waals surface area contributed by atoms with Crippen molar-refractivity contribution in [2.75, 3.05) is 0 Å². The average Bonchev–Trinajstić information content (AvgIpc) is 2.46. The molecule has 2 aromatic carbocycles. The fourth-order valence-corrected chi connectivity index (χ4v) is 42.6. The summed E-state index contributed by atoms with van der Waals surface area (Å²) in [5.74, 6) is 0. The minimum absolute atomic E-state index is 0.826. The van der Waals surface area contributed by atoms with Crippen molar-refractivity contribution >= 4 is 48.5 Å². The van der Waals surface area contributed by atoms with Crippen LogP contribution in [0.25, 0.3) is 0 Å². The molecule has 2 aromatic rings. The third-order valence-electron chi connectivity index (χ3n) is 4.52. The minimum Gasteiger partial charge on any atom is -0.114 e. The summed E-state index contributed by atoms with van der Waals surface area (Å²) >= 11 is 4.45. The van der Waals surface area contributed by atoms with E-state index in [1.165, 1.54) is 10.4 Å². The second kappa shape index (κ2) is 6.82. The third-order valence-corrected chi connectivity index (χ3v) is 30.8. The van der Waals surface area contributed by atoms with Crippen LogP contribution in [0.3, 0.4) is 0 Å². The van der Waals surface area contributed by atoms with Crippen molar-refractivity contribution in [1.29, 1.82) is 0 Å². The number of halogens is 1. The highest BCUT2D eigenvalue weighted by atomic mass is 79.9. The number of hydrogen-bond donors (Lipinski definition) is 0. The molecule has 0 saturated carbocycles. The van der Waals surface area contributed by atoms with Crippen LogP contribution < -0.4 is 10.4 Å². The predicted molar refractivity (Wildman–Crippen MR) is 117 cm³/mol. The summed E-state index contributed by atoms with van der Waals surface area (Å²) in [5, 5.41) is 3.06. The van der Waals surface area contributed by atoms with E-state index in [1.54, 1.807) is 0 Å². The second-order valence-corrected chi connectivity index (χ2v) is 27.9. The van der Waals surface area contributed by atoms with Crippen LogP contribution in [0.5, 0.6) is 0 Å². The first-order valence-corrected chi connectivity index (χ1v) is 19.9. The number of hydrogen-bond acceptors (Lipinski definition) is 0. The van der Waals surface area contributed by atoms with Gasteiger partial charge in [0.15, 0.2) is 6.69 Å². The molecule has 4 heteroatoms. The zero-order valence-electron chi connectivity index (χ0n) is 15.2. The molecule has 0 radical (unpaired) electrons. The highest BCUT2D eigenvalue weighted by Gasteiger charge is 2.54. The Morgan fingerprint density at radius 2 is 0.913 bits per heavy atom. The molecular formula is C19H29BrSi3. The zero-order chi connectivity index (χ0) is 17.3. The highest BCUT2D eigenvalue weighted by molar-refractivity contribution is 9.27. The van der Waals surface area contributed by atoms with Gasteiger partial charge in [0.1, 0.15) is 0 Å². The molecule has 23 heavy (non-hydrogen) atoms. The van der Waals surface area contributed by atoms with Crippen molar-refractivity contribution in [1.82, 2.24) is 0 Å². The summed E-state index contributed by atoms with van der Waals surface area (Å²) in [7, 11) is -2.69. The largest absolute Gasteiger partial charge is 0.188 e. The molecule has 0 heterocycles. The molecule has 2 rings (SSSR count). The Morgan fingerprint density at radius 3 is 1.17 bits per heavy atom. The maximum Gasteiger partial charge on any atom is 0.188 e. The lowest BCUT2D eigenvalue weighted by Crippen LogP contribution is -2.67. The maximum absolute atomic E-state index is 4.45. The van der Waals surface area contributed by atoms with Crippen molar-refractivity contribution in [3.8, 4) is 0 Å². The summed E-state index contributed by atoms with van der Waals surface area (Å²) < 4.78 is 0. The van der Waals surface area contributed by atoms with Crippen molar-refractivity contribution < 1.29 is 0 Å². The predicted octanol–water partition coefficient (Wildman–Crippen LogP) is 5.27. The van der Waals surface area contributed by atoms with Gasteiger partial charge >= 0.3 is 0 Å². The first-order valence-electron chi connectivity index (χ1n) is 8.38. The Morgan fingerprint density at radius 1 is 0.609 bits per heavy atom. The van der Waals surface area contributed by atoms with Crippen molar-refractivity contribution in [2.45, 2.75) is 44.1 Å². The van der Waals surface area contributed by atoms with Crippen molar-refractivity contribution in [3.05, 3.63) is 60.7 Å². The average molecular weight is 422 g/mol. The topological polar surface area (TPSA) is 0 Å². The Kier molecular flexibility index (Phi) is 5.61. The SMILES string of the molecule is C[Si](C)(C)C([Si](C)(C)C)[Si](Br)(c1ccccc1)c1ccccc1. The maximum atomic E-state index is 4.45. The minimum atomic E-state index is -1.97. The molecule has 0 unspecified atom stereocenters. The van der Waals surface area contributed by atoms with Crippen LogP contribution in [-0.4, -0.2) is 22.8 Å². The van der Waals surface area contributed by atoms with Crippen LogP contribution in [-0.2, 0) is 0 Å². The first kappa shape index (κ1) is 18.9. The van der Waals surface area contributed by atoms with E-state index in [-0.39, 0.29) is 0 Å². The quantitative estimate of drug-likeness (QED) is 0.456. The lowest BCUT2D eigenvalue weighted by atomic mass is 10.4. The molecular weight excluding hydrogens is 392 g/mol. The molecule has 0 nitrogen and oxygen atoms in total. The molecule has 0 fully saturated rings. The zero-order valence-corrected chi connectivity index (χ0v) is 19.8. The van der Waals surface area contributed by atoms with E-state index in [1.807, 2.05) is 0 Å². The van der Waals surface area contributed by atoms with Crippen LogP contribution in [0.2, 0.25) is 44.1 Å². The molecule has 0 bridgehead atoms. The first-order chi connectivity index (χ1) is 10.6. The molecule has 0 aliphatic carbocycles. The Labute approximate surface area is 153 Å². The summed E-state index contributed by atoms with van der Waals surface area (Å²) in [5.41, 5.74) is 0. The normalized spacial score (nSPS) is 13.4. The summed E-state index contributed by atoms with van der Waals surface area (Å²) in [4.78, 5) is 0.826. The van der Waals surface area contributed by atoms with Crippen LogP contribution in [0.1, 0.15) is 0 Å². The molecule has 0 spiro atoms. The summed E-state index contributed by atoms with van der Waals surface area (Å²) in [6.07, 6.45) is 0. The van der Waals surface area contributed by atoms with E-state index in [0.717, 1.165) is 4.79 Å². The summed E-state index contributed by atoms with van der Waals surface area (Å²) in [6, 6.07) is 22.5. The number of rotatable bonds is 5. The van der Waals surface area contributed by atoms with E-state index in [9.17, 15) is 0 Å². The Balaban J connectivity index is 2.77. The molecule has 124 valence electrons. The van der Waals surface area contributed by atoms with Gasteiger partial charge in [-0.25, -0.2) is 0 Å². The van der Waals surface area contributed by atoms with Crippen LogP contribution in [0, 0.1) is 0 Å². The fraction of sp³-hybridized carbons (Fsp3) is 0.368. The van der Waals surface area contributed by atoms with Crippen LogP contribution in [0.15, 0.2) is 60.7 Å². The molecule has 0 aliphatic rings. The molecule has 0 amide bonds. The van der Waals surface area contributed by atoms with E-state index in [2.05, 4.69) is 115 Å². The summed E-state index contributed by atoms with van der Waals surface area (Å²) in [6.45, 7) is 13.4. The smallest absolute Gasteiger partial charge is 0.114 e. The van der Waals surface area contributed by atoms with E-state index >= 15 is 0 Å². The van der Waals surface area contributed by atoms with Gasteiger partial charge in [0.25, 0.3) is 0 Å². The highest BCUT2D eigenvalue weighted by Crippen LogP contribution is 2.42. The van der Waals surface area contributed by atoms with Gasteiger partial charge in [-0.1, -0.05) is 99.9 Å². The van der Waals surface area contributed by atoms with Gasteiger partial charge in [-0.2, -0.15) is 0 Å².